The topological polar surface area (TPSA) is 96.2 Å². The fourth-order valence-corrected chi connectivity index (χ4v) is 5.04. The van der Waals surface area contributed by atoms with Gasteiger partial charge in [0.25, 0.3) is 5.91 Å². The zero-order valence-corrected chi connectivity index (χ0v) is 22.1. The molecule has 3 aromatic heterocycles. The number of hydrogen-bond acceptors (Lipinski definition) is 6. The minimum atomic E-state index is -4.48. The smallest absolute Gasteiger partial charge is 0.390 e. The molecule has 1 fully saturated rings. The standard InChI is InChI=1S/C24H26F3IN6O2/c1-14-10-17(12-30-21(14)33-8-6-15(7-9-33)23(2,3)36)32-22(35)18-13-31-34(20(18)28)19-5-4-16(11-29-19)24(25,26)27/h4-5,10-13,15,36H,6-9H2,1-3H3,(H,32,35). The molecular weight excluding hydrogens is 588 g/mol. The van der Waals surface area contributed by atoms with Gasteiger partial charge in [0.2, 0.25) is 0 Å². The van der Waals surface area contributed by atoms with Gasteiger partial charge in [-0.15, -0.1) is 0 Å². The zero-order valence-electron chi connectivity index (χ0n) is 20.0. The molecule has 1 amide bonds. The van der Waals surface area contributed by atoms with Gasteiger partial charge in [0.1, 0.15) is 9.52 Å². The van der Waals surface area contributed by atoms with E-state index in [0.29, 0.717) is 9.39 Å². The minimum absolute atomic E-state index is 0.168. The number of rotatable bonds is 5. The van der Waals surface area contributed by atoms with Crippen molar-refractivity contribution in [1.29, 1.82) is 0 Å². The Morgan fingerprint density at radius 1 is 1.14 bits per heavy atom. The molecule has 0 radical (unpaired) electrons. The lowest BCUT2D eigenvalue weighted by molar-refractivity contribution is -0.137. The highest BCUT2D eigenvalue weighted by molar-refractivity contribution is 14.1. The van der Waals surface area contributed by atoms with Crippen molar-refractivity contribution in [1.82, 2.24) is 19.7 Å². The minimum Gasteiger partial charge on any atom is -0.390 e. The summed E-state index contributed by atoms with van der Waals surface area (Å²) in [7, 11) is 0. The summed E-state index contributed by atoms with van der Waals surface area (Å²) in [5.74, 6) is 0.839. The van der Waals surface area contributed by atoms with Crippen molar-refractivity contribution in [3.63, 3.8) is 0 Å². The summed E-state index contributed by atoms with van der Waals surface area (Å²) in [6.45, 7) is 7.21. The number of hydrogen-bond donors (Lipinski definition) is 2. The fraction of sp³-hybridized carbons (Fsp3) is 0.417. The normalized spacial score (nSPS) is 15.3. The monoisotopic (exact) mass is 614 g/mol. The largest absolute Gasteiger partial charge is 0.417 e. The third kappa shape index (κ3) is 5.64. The predicted octanol–water partition coefficient (Wildman–Crippen LogP) is 4.83. The summed E-state index contributed by atoms with van der Waals surface area (Å²) in [4.78, 5) is 23.5. The van der Waals surface area contributed by atoms with E-state index in [2.05, 4.69) is 25.3 Å². The summed E-state index contributed by atoms with van der Waals surface area (Å²) >= 11 is 1.91. The fourth-order valence-electron chi connectivity index (χ4n) is 4.29. The Labute approximate surface area is 220 Å². The Morgan fingerprint density at radius 3 is 2.39 bits per heavy atom. The van der Waals surface area contributed by atoms with Crippen LogP contribution in [0.2, 0.25) is 0 Å². The molecule has 1 aliphatic heterocycles. The van der Waals surface area contributed by atoms with Crippen LogP contribution in [0.25, 0.3) is 5.82 Å². The lowest BCUT2D eigenvalue weighted by Gasteiger charge is -2.38. The van der Waals surface area contributed by atoms with Gasteiger partial charge in [-0.1, -0.05) is 0 Å². The molecule has 0 unspecified atom stereocenters. The number of piperidine rings is 1. The van der Waals surface area contributed by atoms with E-state index in [1.54, 1.807) is 6.20 Å². The number of carbonyl (C=O) groups is 1. The van der Waals surface area contributed by atoms with E-state index in [0.717, 1.165) is 49.6 Å². The molecular formula is C24H26F3IN6O2. The number of aliphatic hydroxyl groups is 1. The van der Waals surface area contributed by atoms with Crippen molar-refractivity contribution in [2.45, 2.75) is 45.4 Å². The first-order chi connectivity index (χ1) is 16.8. The number of alkyl halides is 3. The Kier molecular flexibility index (Phi) is 7.28. The van der Waals surface area contributed by atoms with E-state index in [4.69, 9.17) is 0 Å². The highest BCUT2D eigenvalue weighted by Gasteiger charge is 2.32. The van der Waals surface area contributed by atoms with Crippen LogP contribution in [0.4, 0.5) is 24.7 Å². The second kappa shape index (κ2) is 9.96. The van der Waals surface area contributed by atoms with Crippen LogP contribution in [-0.4, -0.2) is 49.5 Å². The first-order valence-corrected chi connectivity index (χ1v) is 12.4. The lowest BCUT2D eigenvalue weighted by atomic mass is 9.83. The molecule has 0 aromatic carbocycles. The highest BCUT2D eigenvalue weighted by Crippen LogP contribution is 2.32. The van der Waals surface area contributed by atoms with Crippen LogP contribution in [0.5, 0.6) is 0 Å². The first kappa shape index (κ1) is 26.3. The van der Waals surface area contributed by atoms with Gasteiger partial charge in [-0.2, -0.15) is 18.3 Å². The number of aryl methyl sites for hydroxylation is 1. The summed E-state index contributed by atoms with van der Waals surface area (Å²) in [5.41, 5.74) is 0.126. The number of nitrogens with zero attached hydrogens (tertiary/aromatic N) is 5. The van der Waals surface area contributed by atoms with Gasteiger partial charge in [0.15, 0.2) is 5.82 Å². The predicted molar refractivity (Wildman–Crippen MR) is 137 cm³/mol. The van der Waals surface area contributed by atoms with E-state index in [-0.39, 0.29) is 17.3 Å². The molecule has 8 nitrogen and oxygen atoms in total. The SMILES string of the molecule is Cc1cc(NC(=O)c2cnn(-c3ccc(C(F)(F)F)cn3)c2I)cnc1N1CCC(C(C)(C)O)CC1. The van der Waals surface area contributed by atoms with Gasteiger partial charge in [-0.05, 0) is 85.9 Å². The number of nitrogens with one attached hydrogen (secondary N) is 1. The van der Waals surface area contributed by atoms with Crippen LogP contribution < -0.4 is 10.2 Å². The first-order valence-electron chi connectivity index (χ1n) is 11.4. The Hall–Kier alpha value is -2.74. The molecule has 0 bridgehead atoms. The van der Waals surface area contributed by atoms with Crippen LogP contribution in [0.3, 0.4) is 0 Å². The van der Waals surface area contributed by atoms with Gasteiger partial charge in [-0.25, -0.2) is 14.6 Å². The average Bonchev–Trinajstić information content (AvgIpc) is 3.19. The molecule has 12 heteroatoms. The van der Waals surface area contributed by atoms with E-state index in [1.165, 1.54) is 16.9 Å². The van der Waals surface area contributed by atoms with E-state index in [1.807, 2.05) is 49.4 Å². The van der Waals surface area contributed by atoms with Gasteiger partial charge >= 0.3 is 6.18 Å². The van der Waals surface area contributed by atoms with Gasteiger partial charge < -0.3 is 15.3 Å². The molecule has 1 aliphatic rings. The Balaban J connectivity index is 1.44. The third-order valence-corrected chi connectivity index (χ3v) is 7.39. The lowest BCUT2D eigenvalue weighted by Crippen LogP contribution is -2.42. The van der Waals surface area contributed by atoms with Crippen LogP contribution in [0.15, 0.2) is 36.8 Å². The number of pyridine rings is 2. The van der Waals surface area contributed by atoms with Gasteiger partial charge in [0, 0.05) is 19.3 Å². The molecule has 0 atom stereocenters. The van der Waals surface area contributed by atoms with Gasteiger partial charge in [-0.3, -0.25) is 4.79 Å². The maximum absolute atomic E-state index is 12.9. The zero-order chi connectivity index (χ0) is 26.3. The molecule has 1 saturated heterocycles. The summed E-state index contributed by atoms with van der Waals surface area (Å²) in [6.07, 6.45) is 0.936. The molecule has 2 N–H and O–H groups in total. The molecule has 192 valence electrons. The van der Waals surface area contributed by atoms with E-state index in [9.17, 15) is 23.1 Å². The number of aromatic nitrogens is 4. The maximum atomic E-state index is 12.9. The Morgan fingerprint density at radius 2 is 1.83 bits per heavy atom. The summed E-state index contributed by atoms with van der Waals surface area (Å²) in [6, 6.07) is 3.97. The van der Waals surface area contributed by atoms with Gasteiger partial charge in [0.05, 0.1) is 34.8 Å². The molecule has 4 rings (SSSR count). The second-order valence-electron chi connectivity index (χ2n) is 9.40. The van der Waals surface area contributed by atoms with Crippen molar-refractivity contribution in [2.75, 3.05) is 23.3 Å². The molecule has 0 aliphatic carbocycles. The summed E-state index contributed by atoms with van der Waals surface area (Å²) < 4.78 is 40.1. The molecule has 36 heavy (non-hydrogen) atoms. The molecule has 3 aromatic rings. The number of carbonyl (C=O) groups excluding carboxylic acids is 1. The highest BCUT2D eigenvalue weighted by atomic mass is 127. The van der Waals surface area contributed by atoms with E-state index >= 15 is 0 Å². The summed E-state index contributed by atoms with van der Waals surface area (Å²) in [5, 5.41) is 17.2. The number of anilines is 2. The van der Waals surface area contributed by atoms with Crippen molar-refractivity contribution >= 4 is 40.0 Å². The van der Waals surface area contributed by atoms with E-state index < -0.39 is 23.2 Å². The van der Waals surface area contributed by atoms with Crippen LogP contribution in [0.1, 0.15) is 48.2 Å². The van der Waals surface area contributed by atoms with Crippen LogP contribution in [-0.2, 0) is 6.18 Å². The Bertz CT molecular complexity index is 1250. The van der Waals surface area contributed by atoms with Crippen molar-refractivity contribution in [3.05, 3.63) is 57.2 Å². The number of amides is 1. The molecule has 0 saturated carbocycles. The van der Waals surface area contributed by atoms with Crippen molar-refractivity contribution in [3.8, 4) is 5.82 Å². The molecule has 4 heterocycles. The maximum Gasteiger partial charge on any atom is 0.417 e. The molecule has 0 spiro atoms. The van der Waals surface area contributed by atoms with Crippen LogP contribution >= 0.6 is 22.6 Å². The van der Waals surface area contributed by atoms with Crippen molar-refractivity contribution in [2.24, 2.45) is 5.92 Å². The second-order valence-corrected chi connectivity index (χ2v) is 10.4. The average molecular weight is 614 g/mol. The third-order valence-electron chi connectivity index (χ3n) is 6.35. The van der Waals surface area contributed by atoms with Crippen molar-refractivity contribution < 1.29 is 23.1 Å². The van der Waals surface area contributed by atoms with Crippen LogP contribution in [0, 0.1) is 16.5 Å². The number of halogens is 4. The quantitative estimate of drug-likeness (QED) is 0.400.